The number of aromatic nitrogens is 3. The Labute approximate surface area is 139 Å². The molecule has 2 heterocycles. The van der Waals surface area contributed by atoms with Crippen molar-refractivity contribution in [1.82, 2.24) is 24.6 Å². The third-order valence-corrected chi connectivity index (χ3v) is 4.38. The molecule has 1 N–H and O–H groups in total. The number of hydrogen-bond acceptors (Lipinski definition) is 4. The van der Waals surface area contributed by atoms with Gasteiger partial charge in [-0.05, 0) is 12.8 Å². The van der Waals surface area contributed by atoms with Crippen LogP contribution in [0.2, 0.25) is 5.02 Å². The van der Waals surface area contributed by atoms with Crippen LogP contribution in [0.4, 0.5) is 0 Å². The Bertz CT molecular complexity index is 748. The Kier molecular flexibility index (Phi) is 5.43. The fourth-order valence-electron chi connectivity index (χ4n) is 2.72. The van der Waals surface area contributed by atoms with E-state index in [4.69, 9.17) is 11.6 Å². The van der Waals surface area contributed by atoms with Gasteiger partial charge in [-0.15, -0.1) is 0 Å². The number of hydrogen-bond donors (Lipinski definition) is 1. The summed E-state index contributed by atoms with van der Waals surface area (Å²) in [6, 6.07) is 0.0549. The van der Waals surface area contributed by atoms with Crippen molar-refractivity contribution >= 4 is 29.2 Å². The van der Waals surface area contributed by atoms with E-state index in [0.29, 0.717) is 21.7 Å². The molecule has 23 heavy (non-hydrogen) atoms. The van der Waals surface area contributed by atoms with Gasteiger partial charge in [0.15, 0.2) is 5.65 Å². The van der Waals surface area contributed by atoms with E-state index in [0.717, 1.165) is 19.3 Å². The standard InChI is InChI=1S/C15H22ClN5O2/c1-5-10(6-2)21-13-11(8-20(9-22)19(3)4)12(16)7-17-14(13)18-15(21)23/h7,9-10H,5-6,8H2,1-4H3,(H,17,18,23). The number of aromatic amines is 1. The number of amides is 1. The molecule has 8 heteroatoms. The van der Waals surface area contributed by atoms with Crippen LogP contribution in [-0.4, -0.2) is 45.1 Å². The highest BCUT2D eigenvalue weighted by Gasteiger charge is 2.21. The molecule has 0 saturated carbocycles. The number of imidazole rings is 1. The number of H-pyrrole nitrogens is 1. The first-order valence-corrected chi connectivity index (χ1v) is 7.99. The molecule has 2 rings (SSSR count). The fourth-order valence-corrected chi connectivity index (χ4v) is 2.92. The molecule has 2 aromatic heterocycles. The first kappa shape index (κ1) is 17.5. The average molecular weight is 340 g/mol. The largest absolute Gasteiger partial charge is 0.327 e. The molecule has 126 valence electrons. The molecule has 7 nitrogen and oxygen atoms in total. The van der Waals surface area contributed by atoms with Crippen LogP contribution in [-0.2, 0) is 11.3 Å². The number of hydrazine groups is 1. The van der Waals surface area contributed by atoms with Gasteiger partial charge in [0, 0.05) is 31.9 Å². The Morgan fingerprint density at radius 3 is 2.57 bits per heavy atom. The van der Waals surface area contributed by atoms with Crippen molar-refractivity contribution in [3.05, 3.63) is 27.3 Å². The molecule has 0 bridgehead atoms. The molecule has 0 fully saturated rings. The van der Waals surface area contributed by atoms with Gasteiger partial charge in [0.1, 0.15) is 0 Å². The maximum absolute atomic E-state index is 12.4. The van der Waals surface area contributed by atoms with Gasteiger partial charge < -0.3 is 0 Å². The lowest BCUT2D eigenvalue weighted by molar-refractivity contribution is -0.131. The van der Waals surface area contributed by atoms with Crippen molar-refractivity contribution in [2.24, 2.45) is 0 Å². The van der Waals surface area contributed by atoms with Gasteiger partial charge in [0.05, 0.1) is 17.1 Å². The summed E-state index contributed by atoms with van der Waals surface area (Å²) in [5, 5.41) is 3.59. The van der Waals surface area contributed by atoms with Crippen LogP contribution >= 0.6 is 11.6 Å². The summed E-state index contributed by atoms with van der Waals surface area (Å²) >= 11 is 6.33. The lowest BCUT2D eigenvalue weighted by atomic mass is 10.1. The highest BCUT2D eigenvalue weighted by atomic mass is 35.5. The maximum atomic E-state index is 12.4. The van der Waals surface area contributed by atoms with E-state index in [1.165, 1.54) is 11.2 Å². The topological polar surface area (TPSA) is 74.2 Å². The predicted octanol–water partition coefficient (Wildman–Crippen LogP) is 2.17. The number of carbonyl (C=O) groups is 1. The van der Waals surface area contributed by atoms with E-state index < -0.39 is 0 Å². The van der Waals surface area contributed by atoms with Gasteiger partial charge >= 0.3 is 5.69 Å². The highest BCUT2D eigenvalue weighted by molar-refractivity contribution is 6.32. The predicted molar refractivity (Wildman–Crippen MR) is 90.3 cm³/mol. The van der Waals surface area contributed by atoms with Crippen molar-refractivity contribution in [3.8, 4) is 0 Å². The van der Waals surface area contributed by atoms with Gasteiger partial charge in [-0.2, -0.15) is 0 Å². The molecule has 0 aromatic carbocycles. The first-order valence-electron chi connectivity index (χ1n) is 7.61. The van der Waals surface area contributed by atoms with Crippen molar-refractivity contribution < 1.29 is 4.79 Å². The van der Waals surface area contributed by atoms with Gasteiger partial charge in [0.25, 0.3) is 0 Å². The molecule has 0 aliphatic rings. The zero-order valence-corrected chi connectivity index (χ0v) is 14.6. The summed E-state index contributed by atoms with van der Waals surface area (Å²) < 4.78 is 1.71. The van der Waals surface area contributed by atoms with Gasteiger partial charge in [-0.1, -0.05) is 25.4 Å². The van der Waals surface area contributed by atoms with Crippen LogP contribution in [0.15, 0.2) is 11.0 Å². The molecular formula is C15H22ClN5O2. The smallest absolute Gasteiger partial charge is 0.290 e. The van der Waals surface area contributed by atoms with Gasteiger partial charge in [-0.3, -0.25) is 19.4 Å². The number of nitrogens with zero attached hydrogens (tertiary/aromatic N) is 4. The lowest BCUT2D eigenvalue weighted by Gasteiger charge is -2.25. The zero-order valence-electron chi connectivity index (χ0n) is 13.8. The van der Waals surface area contributed by atoms with E-state index in [9.17, 15) is 9.59 Å². The molecule has 0 unspecified atom stereocenters. The van der Waals surface area contributed by atoms with Crippen LogP contribution in [0, 0.1) is 0 Å². The first-order chi connectivity index (χ1) is 10.9. The zero-order chi connectivity index (χ0) is 17.1. The Morgan fingerprint density at radius 2 is 2.04 bits per heavy atom. The molecule has 0 saturated heterocycles. The number of carbonyl (C=O) groups excluding carboxylic acids is 1. The summed E-state index contributed by atoms with van der Waals surface area (Å²) in [4.78, 5) is 30.7. The molecule has 0 atom stereocenters. The van der Waals surface area contributed by atoms with Gasteiger partial charge in [-0.25, -0.2) is 14.8 Å². The third kappa shape index (κ3) is 3.25. The third-order valence-electron chi connectivity index (χ3n) is 4.05. The lowest BCUT2D eigenvalue weighted by Crippen LogP contribution is -2.35. The second-order valence-electron chi connectivity index (χ2n) is 5.60. The fraction of sp³-hybridized carbons (Fsp3) is 0.533. The van der Waals surface area contributed by atoms with Crippen LogP contribution in [0.1, 0.15) is 38.3 Å². The van der Waals surface area contributed by atoms with E-state index in [2.05, 4.69) is 9.97 Å². The minimum absolute atomic E-state index is 0.0549. The van der Waals surface area contributed by atoms with E-state index in [1.807, 2.05) is 13.8 Å². The number of halogens is 1. The average Bonchev–Trinajstić information content (AvgIpc) is 2.84. The summed E-state index contributed by atoms with van der Waals surface area (Å²) in [5.74, 6) is 0. The Balaban J connectivity index is 2.70. The molecule has 0 aliphatic carbocycles. The van der Waals surface area contributed by atoms with Crippen LogP contribution < -0.4 is 5.69 Å². The van der Waals surface area contributed by atoms with Crippen molar-refractivity contribution in [3.63, 3.8) is 0 Å². The molecule has 2 aromatic rings. The van der Waals surface area contributed by atoms with E-state index in [1.54, 1.807) is 23.7 Å². The summed E-state index contributed by atoms with van der Waals surface area (Å²) in [7, 11) is 3.54. The van der Waals surface area contributed by atoms with Crippen molar-refractivity contribution in [2.75, 3.05) is 14.1 Å². The number of pyridine rings is 1. The minimum atomic E-state index is -0.202. The Hall–Kier alpha value is -1.86. The maximum Gasteiger partial charge on any atom is 0.327 e. The van der Waals surface area contributed by atoms with Crippen molar-refractivity contribution in [2.45, 2.75) is 39.3 Å². The minimum Gasteiger partial charge on any atom is -0.290 e. The second kappa shape index (κ2) is 7.14. The summed E-state index contributed by atoms with van der Waals surface area (Å²) in [5.41, 5.74) is 1.67. The second-order valence-corrected chi connectivity index (χ2v) is 6.01. The van der Waals surface area contributed by atoms with Crippen molar-refractivity contribution in [1.29, 1.82) is 0 Å². The van der Waals surface area contributed by atoms with E-state index in [-0.39, 0.29) is 18.3 Å². The SMILES string of the molecule is CCC(CC)n1c(=O)[nH]c2ncc(Cl)c(CN(C=O)N(C)C)c21. The number of nitrogens with one attached hydrogen (secondary N) is 1. The van der Waals surface area contributed by atoms with Crippen LogP contribution in [0.25, 0.3) is 11.2 Å². The summed E-state index contributed by atoms with van der Waals surface area (Å²) in [6.45, 7) is 4.34. The molecule has 0 spiro atoms. The normalized spacial score (nSPS) is 11.6. The molecular weight excluding hydrogens is 318 g/mol. The van der Waals surface area contributed by atoms with Crippen LogP contribution in [0.5, 0.6) is 0 Å². The number of fused-ring (bicyclic) bond motifs is 1. The number of rotatable bonds is 7. The summed E-state index contributed by atoms with van der Waals surface area (Å²) in [6.07, 6.45) is 3.88. The van der Waals surface area contributed by atoms with E-state index >= 15 is 0 Å². The highest BCUT2D eigenvalue weighted by Crippen LogP contribution is 2.27. The van der Waals surface area contributed by atoms with Crippen LogP contribution in [0.3, 0.4) is 0 Å². The molecule has 1 amide bonds. The van der Waals surface area contributed by atoms with Gasteiger partial charge in [0.2, 0.25) is 6.41 Å². The molecule has 0 aliphatic heterocycles. The Morgan fingerprint density at radius 1 is 1.39 bits per heavy atom. The monoisotopic (exact) mass is 339 g/mol. The quantitative estimate of drug-likeness (QED) is 0.619. The molecule has 0 radical (unpaired) electrons.